The number of nitrogens with two attached hydrogens (primary N) is 1. The number of carbonyl (C=O) groups is 2. The maximum Gasteiger partial charge on any atom is 0.490 e. The van der Waals surface area contributed by atoms with E-state index < -0.39 is 18.1 Å². The number of aromatic nitrogens is 3. The molecule has 1 amide bonds. The molecule has 2 bridgehead atoms. The fourth-order valence-electron chi connectivity index (χ4n) is 6.35. The van der Waals surface area contributed by atoms with Gasteiger partial charge in [0.25, 0.3) is 0 Å². The molecule has 1 aromatic heterocycles. The molecule has 236 valence electrons. The Labute approximate surface area is 249 Å². The van der Waals surface area contributed by atoms with Gasteiger partial charge in [0.15, 0.2) is 0 Å². The first-order chi connectivity index (χ1) is 20.1. The van der Waals surface area contributed by atoms with Crippen molar-refractivity contribution in [2.24, 2.45) is 28.9 Å². The summed E-state index contributed by atoms with van der Waals surface area (Å²) in [6.45, 7) is 11.5. The number of anilines is 4. The largest absolute Gasteiger partial charge is 0.490 e. The van der Waals surface area contributed by atoms with E-state index in [2.05, 4.69) is 41.3 Å². The van der Waals surface area contributed by atoms with Crippen LogP contribution in [0.4, 0.5) is 36.7 Å². The number of nitrogens with zero attached hydrogens (tertiary/aromatic N) is 5. The van der Waals surface area contributed by atoms with Crippen LogP contribution in [-0.4, -0.2) is 82.8 Å². The Bertz CT molecular complexity index is 1320. The van der Waals surface area contributed by atoms with Gasteiger partial charge in [-0.2, -0.15) is 28.1 Å². The normalized spacial score (nSPS) is 23.2. The number of benzene rings is 1. The molecule has 1 aliphatic heterocycles. The number of carboxylic acids is 1. The van der Waals surface area contributed by atoms with E-state index in [4.69, 9.17) is 30.6 Å². The highest BCUT2D eigenvalue weighted by Gasteiger charge is 2.53. The van der Waals surface area contributed by atoms with Crippen LogP contribution in [-0.2, 0) is 4.79 Å². The summed E-state index contributed by atoms with van der Waals surface area (Å²) in [5.74, 6) is 0.832. The van der Waals surface area contributed by atoms with E-state index in [9.17, 15) is 18.0 Å². The van der Waals surface area contributed by atoms with Crippen LogP contribution in [0.3, 0.4) is 0 Å². The number of aliphatic carboxylic acids is 1. The van der Waals surface area contributed by atoms with Crippen LogP contribution in [0, 0.1) is 30.1 Å². The van der Waals surface area contributed by atoms with Crippen molar-refractivity contribution in [2.45, 2.75) is 52.6 Å². The molecule has 5 N–H and O–H groups in total. The molecule has 4 fully saturated rings. The number of likely N-dealkylation sites (N-methyl/N-ethyl adjacent to an activating group) is 1. The zero-order valence-electron chi connectivity index (χ0n) is 25.0. The molecule has 3 saturated carbocycles. The van der Waals surface area contributed by atoms with Crippen LogP contribution >= 0.6 is 0 Å². The number of hydrogen-bond donors (Lipinski definition) is 4. The summed E-state index contributed by atoms with van der Waals surface area (Å²) >= 11 is 0. The van der Waals surface area contributed by atoms with Gasteiger partial charge in [-0.3, -0.25) is 4.79 Å². The number of halogens is 3. The average molecular weight is 607 g/mol. The topological polar surface area (TPSA) is 150 Å². The molecule has 0 unspecified atom stereocenters. The molecule has 2 aromatic rings. The predicted octanol–water partition coefficient (Wildman–Crippen LogP) is 4.28. The highest BCUT2D eigenvalue weighted by Crippen LogP contribution is 2.61. The van der Waals surface area contributed by atoms with Crippen LogP contribution in [0.25, 0.3) is 0 Å². The van der Waals surface area contributed by atoms with Crippen LogP contribution in [0.1, 0.15) is 55.5 Å². The van der Waals surface area contributed by atoms with Crippen molar-refractivity contribution < 1.29 is 27.9 Å². The second kappa shape index (κ2) is 12.9. The summed E-state index contributed by atoms with van der Waals surface area (Å²) in [6.07, 6.45) is -0.0763. The lowest BCUT2D eigenvalue weighted by Gasteiger charge is -2.60. The van der Waals surface area contributed by atoms with Gasteiger partial charge in [-0.15, -0.1) is 0 Å². The van der Waals surface area contributed by atoms with E-state index in [-0.39, 0.29) is 0 Å². The summed E-state index contributed by atoms with van der Waals surface area (Å²) < 4.78 is 31.7. The molecular weight excluding hydrogens is 565 g/mol. The molecule has 11 nitrogen and oxygen atoms in total. The molecule has 1 aromatic carbocycles. The van der Waals surface area contributed by atoms with Crippen molar-refractivity contribution in [2.75, 3.05) is 55.3 Å². The lowest BCUT2D eigenvalue weighted by molar-refractivity contribution is -0.192. The zero-order chi connectivity index (χ0) is 31.5. The lowest BCUT2D eigenvalue weighted by Crippen LogP contribution is -2.53. The number of fused-ring (bicyclic) bond motifs is 2. The number of rotatable bonds is 7. The first kappa shape index (κ1) is 32.2. The molecule has 3 atom stereocenters. The molecule has 2 heterocycles. The van der Waals surface area contributed by atoms with E-state index in [0.29, 0.717) is 34.7 Å². The minimum Gasteiger partial charge on any atom is -0.475 e. The van der Waals surface area contributed by atoms with Crippen molar-refractivity contribution in [3.63, 3.8) is 0 Å². The van der Waals surface area contributed by atoms with Crippen LogP contribution in [0.2, 0.25) is 0 Å². The number of alkyl halides is 3. The molecule has 0 spiro atoms. The van der Waals surface area contributed by atoms with Crippen molar-refractivity contribution in [3.05, 3.63) is 29.3 Å². The highest BCUT2D eigenvalue weighted by atomic mass is 19.4. The maximum atomic E-state index is 11.7. The summed E-state index contributed by atoms with van der Waals surface area (Å²) in [5, 5.41) is 14.0. The summed E-state index contributed by atoms with van der Waals surface area (Å²) in [5.41, 5.74) is 8.16. The Morgan fingerprint density at radius 1 is 1.09 bits per heavy atom. The average Bonchev–Trinajstić information content (AvgIpc) is 3.17. The number of nitrogens with one attached hydrogen (secondary N) is 2. The highest BCUT2D eigenvalue weighted by molar-refractivity contribution is 5.94. The second-order valence-electron chi connectivity index (χ2n) is 12.3. The SMILES string of the molecule is Cc1ccc(C(N)=O)cc1Nc1nc(NC[C@@H]2CC[C@H]3C[C@@H]2C3(C)C)nc(N2CCCN(C)CC2)n1.O=C(O)C(F)(F)F. The first-order valence-corrected chi connectivity index (χ1v) is 14.6. The fourth-order valence-corrected chi connectivity index (χ4v) is 6.35. The second-order valence-corrected chi connectivity index (χ2v) is 12.3. The number of amides is 1. The molecule has 3 aliphatic carbocycles. The van der Waals surface area contributed by atoms with E-state index >= 15 is 0 Å². The van der Waals surface area contributed by atoms with Gasteiger partial charge < -0.3 is 31.3 Å². The van der Waals surface area contributed by atoms with Crippen LogP contribution in [0.5, 0.6) is 0 Å². The van der Waals surface area contributed by atoms with Gasteiger partial charge in [-0.05, 0) is 87.1 Å². The molecule has 1 saturated heterocycles. The fraction of sp³-hybridized carbons (Fsp3) is 0.621. The van der Waals surface area contributed by atoms with E-state index in [0.717, 1.165) is 62.2 Å². The third kappa shape index (κ3) is 7.84. The Hall–Kier alpha value is -3.68. The van der Waals surface area contributed by atoms with E-state index in [1.807, 2.05) is 13.0 Å². The number of primary amides is 1. The Morgan fingerprint density at radius 3 is 2.42 bits per heavy atom. The van der Waals surface area contributed by atoms with Crippen molar-refractivity contribution in [3.8, 4) is 0 Å². The number of aryl methyl sites for hydroxylation is 1. The Balaban J connectivity index is 0.000000541. The quantitative estimate of drug-likeness (QED) is 0.360. The van der Waals surface area contributed by atoms with Gasteiger partial charge in [-0.25, -0.2) is 4.79 Å². The smallest absolute Gasteiger partial charge is 0.475 e. The lowest BCUT2D eigenvalue weighted by atomic mass is 9.45. The number of carbonyl (C=O) groups excluding carboxylic acids is 1. The van der Waals surface area contributed by atoms with Gasteiger partial charge in [0, 0.05) is 37.4 Å². The standard InChI is InChI=1S/C27H40N8O.C2HF3O2/c1-17-6-7-18(23(28)36)14-22(17)30-25-31-24(29-16-19-8-9-20-15-21(19)27(20,2)3)32-26(33-25)35-11-5-10-34(4)12-13-35;3-2(4,5)1(6)7/h6-7,14,19-21H,5,8-13,15-16H2,1-4H3,(H2,28,36)(H2,29,30,31,32,33);(H,6,7)/t19-,20-,21-;/m0./s1. The zero-order valence-corrected chi connectivity index (χ0v) is 25.0. The van der Waals surface area contributed by atoms with Crippen molar-refractivity contribution in [1.82, 2.24) is 19.9 Å². The van der Waals surface area contributed by atoms with Crippen LogP contribution in [0.15, 0.2) is 18.2 Å². The summed E-state index contributed by atoms with van der Waals surface area (Å²) in [6, 6.07) is 5.37. The van der Waals surface area contributed by atoms with Gasteiger partial charge in [0.2, 0.25) is 23.8 Å². The number of hydrogen-bond acceptors (Lipinski definition) is 9. The van der Waals surface area contributed by atoms with Gasteiger partial charge in [0.05, 0.1) is 0 Å². The maximum absolute atomic E-state index is 11.7. The van der Waals surface area contributed by atoms with E-state index in [1.54, 1.807) is 12.1 Å². The van der Waals surface area contributed by atoms with Crippen LogP contribution < -0.4 is 21.3 Å². The van der Waals surface area contributed by atoms with E-state index in [1.165, 1.54) is 19.3 Å². The summed E-state index contributed by atoms with van der Waals surface area (Å²) in [7, 11) is 2.15. The monoisotopic (exact) mass is 606 g/mol. The van der Waals surface area contributed by atoms with Gasteiger partial charge in [-0.1, -0.05) is 19.9 Å². The summed E-state index contributed by atoms with van der Waals surface area (Å²) in [4.78, 5) is 39.6. The third-order valence-electron chi connectivity index (χ3n) is 9.16. The molecule has 14 heteroatoms. The Morgan fingerprint density at radius 2 is 1.79 bits per heavy atom. The molecule has 43 heavy (non-hydrogen) atoms. The third-order valence-corrected chi connectivity index (χ3v) is 9.16. The Kier molecular flexibility index (Phi) is 9.67. The van der Waals surface area contributed by atoms with Gasteiger partial charge >= 0.3 is 12.1 Å². The molecule has 0 radical (unpaired) electrons. The van der Waals surface area contributed by atoms with Crippen molar-refractivity contribution >= 4 is 35.4 Å². The molecular formula is C29H41F3N8O3. The predicted molar refractivity (Wildman–Crippen MR) is 157 cm³/mol. The first-order valence-electron chi connectivity index (χ1n) is 14.6. The molecule has 4 aliphatic rings. The minimum absolute atomic E-state index is 0.447. The number of carboxylic acid groups (broad SMARTS) is 1. The minimum atomic E-state index is -5.08. The van der Waals surface area contributed by atoms with Crippen molar-refractivity contribution in [1.29, 1.82) is 0 Å². The van der Waals surface area contributed by atoms with Gasteiger partial charge in [0.1, 0.15) is 0 Å². The molecule has 6 rings (SSSR count).